The zero-order valence-electron chi connectivity index (χ0n) is 4.35. The molecular weight excluding hydrogens is 162 g/mol. The Morgan fingerprint density at radius 1 is 1.00 bits per heavy atom. The molecule has 1 fully saturated rings. The number of hydrogen-bond donors (Lipinski definition) is 0. The monoisotopic (exact) mass is 163 g/mol. The van der Waals surface area contributed by atoms with Gasteiger partial charge in [0.2, 0.25) is 6.17 Å². The molecule has 0 atom stereocenters. The van der Waals surface area contributed by atoms with E-state index in [0.29, 0.717) is 0 Å². The van der Waals surface area contributed by atoms with Gasteiger partial charge in [0.25, 0.3) is 6.17 Å². The molecule has 0 spiro atoms. The van der Waals surface area contributed by atoms with E-state index >= 15 is 0 Å². The maximum atomic E-state index is 11.6. The molecule has 1 aliphatic carbocycles. The highest BCUT2D eigenvalue weighted by Gasteiger charge is 2.81. The van der Waals surface area contributed by atoms with Gasteiger partial charge < -0.3 is 0 Å². The predicted octanol–water partition coefficient (Wildman–Crippen LogP) is 2.11. The lowest BCUT2D eigenvalue weighted by atomic mass is 9.85. The van der Waals surface area contributed by atoms with Gasteiger partial charge in [0.15, 0.2) is 0 Å². The van der Waals surface area contributed by atoms with E-state index < -0.39 is 24.2 Å². The Bertz CT molecular complexity index is 122. The Balaban J connectivity index is 2.78. The van der Waals surface area contributed by atoms with Crippen LogP contribution in [0.25, 0.3) is 0 Å². The predicted molar refractivity (Wildman–Crippen MR) is 19.1 cm³/mol. The highest BCUT2D eigenvalue weighted by Crippen LogP contribution is 2.58. The van der Waals surface area contributed by atoms with Gasteiger partial charge >= 0.3 is 11.8 Å². The van der Waals surface area contributed by atoms with Crippen molar-refractivity contribution in [3.63, 3.8) is 0 Å². The summed E-state index contributed by atoms with van der Waals surface area (Å²) in [7, 11) is 0. The van der Waals surface area contributed by atoms with E-state index in [1.807, 2.05) is 0 Å². The molecule has 0 amide bonds. The molecule has 6 heteroatoms. The molecule has 0 aromatic rings. The lowest BCUT2D eigenvalue weighted by Gasteiger charge is -2.40. The minimum atomic E-state index is -4.59. The zero-order valence-corrected chi connectivity index (χ0v) is 4.35. The number of rotatable bonds is 0. The summed E-state index contributed by atoms with van der Waals surface area (Å²) >= 11 is 0. The fraction of sp³-hybridized carbons (Fsp3) is 0.750. The van der Waals surface area contributed by atoms with Crippen molar-refractivity contribution in [3.05, 3.63) is 6.17 Å². The summed E-state index contributed by atoms with van der Waals surface area (Å²) in [6, 6.07) is 0. The maximum Gasteiger partial charge on any atom is 0.327 e. The molecule has 10 heavy (non-hydrogen) atoms. The van der Waals surface area contributed by atoms with E-state index in [-0.39, 0.29) is 0 Å². The minimum absolute atomic E-state index is 2.88. The summed E-state index contributed by atoms with van der Waals surface area (Å²) in [5.74, 6) is -9.19. The van der Waals surface area contributed by atoms with Crippen molar-refractivity contribution < 1.29 is 26.3 Å². The second-order valence-corrected chi connectivity index (χ2v) is 1.92. The van der Waals surface area contributed by atoms with Crippen LogP contribution in [0.1, 0.15) is 0 Å². The van der Waals surface area contributed by atoms with Gasteiger partial charge in [-0.2, -0.15) is 17.6 Å². The quantitative estimate of drug-likeness (QED) is 0.479. The summed E-state index contributed by atoms with van der Waals surface area (Å²) in [6.07, 6.45) is -6.59. The van der Waals surface area contributed by atoms with E-state index in [9.17, 15) is 26.3 Å². The second-order valence-electron chi connectivity index (χ2n) is 1.92. The van der Waals surface area contributed by atoms with Crippen LogP contribution in [-0.2, 0) is 0 Å². The SMILES string of the molecule is F[C]1C(F)(F)C(F)C1(F)F. The van der Waals surface area contributed by atoms with Gasteiger partial charge in [-0.3, -0.25) is 0 Å². The number of alkyl halides is 5. The molecule has 59 valence electrons. The molecule has 0 aromatic carbocycles. The molecule has 0 bridgehead atoms. The molecule has 0 aromatic heterocycles. The Morgan fingerprint density at radius 3 is 1.40 bits per heavy atom. The van der Waals surface area contributed by atoms with E-state index in [0.717, 1.165) is 0 Å². The van der Waals surface area contributed by atoms with Crippen LogP contribution in [-0.4, -0.2) is 18.0 Å². The topological polar surface area (TPSA) is 0 Å². The van der Waals surface area contributed by atoms with Crippen LogP contribution in [0.4, 0.5) is 26.3 Å². The van der Waals surface area contributed by atoms with E-state index in [1.54, 1.807) is 0 Å². The fourth-order valence-electron chi connectivity index (χ4n) is 0.595. The van der Waals surface area contributed by atoms with E-state index in [2.05, 4.69) is 0 Å². The summed E-state index contributed by atoms with van der Waals surface area (Å²) in [5.41, 5.74) is 0. The van der Waals surface area contributed by atoms with Crippen molar-refractivity contribution >= 4 is 0 Å². The van der Waals surface area contributed by atoms with Crippen molar-refractivity contribution in [1.29, 1.82) is 0 Å². The zero-order chi connectivity index (χ0) is 8.15. The first kappa shape index (κ1) is 7.68. The normalized spacial score (nSPS) is 31.8. The van der Waals surface area contributed by atoms with Gasteiger partial charge in [-0.05, 0) is 0 Å². The van der Waals surface area contributed by atoms with E-state index in [1.165, 1.54) is 0 Å². The molecule has 0 saturated heterocycles. The van der Waals surface area contributed by atoms with Gasteiger partial charge in [-0.15, -0.1) is 0 Å². The van der Waals surface area contributed by atoms with Gasteiger partial charge in [0, 0.05) is 0 Å². The first-order valence-electron chi connectivity index (χ1n) is 2.24. The average Bonchev–Trinajstić information content (AvgIpc) is 1.84. The number of hydrogen-bond acceptors (Lipinski definition) is 0. The summed E-state index contributed by atoms with van der Waals surface area (Å²) in [6.45, 7) is 0. The van der Waals surface area contributed by atoms with Crippen LogP contribution in [0.5, 0.6) is 0 Å². The number of halogens is 6. The third-order valence-corrected chi connectivity index (χ3v) is 1.22. The Kier molecular flexibility index (Phi) is 1.23. The van der Waals surface area contributed by atoms with Gasteiger partial charge in [0.05, 0.1) is 0 Å². The molecule has 0 unspecified atom stereocenters. The second kappa shape index (κ2) is 1.60. The molecular formula is C4HF6. The van der Waals surface area contributed by atoms with Crippen molar-refractivity contribution in [1.82, 2.24) is 0 Å². The van der Waals surface area contributed by atoms with Crippen LogP contribution in [0.2, 0.25) is 0 Å². The van der Waals surface area contributed by atoms with E-state index in [4.69, 9.17) is 0 Å². The summed E-state index contributed by atoms with van der Waals surface area (Å²) in [5, 5.41) is 0. The third kappa shape index (κ3) is 0.590. The lowest BCUT2D eigenvalue weighted by Crippen LogP contribution is -2.64. The molecule has 1 saturated carbocycles. The largest absolute Gasteiger partial charge is 0.327 e. The maximum absolute atomic E-state index is 11.6. The molecule has 0 aliphatic heterocycles. The smallest absolute Gasteiger partial charge is 0.234 e. The summed E-state index contributed by atoms with van der Waals surface area (Å²) < 4.78 is 69.3. The standard InChI is InChI=1S/C4HF6/c5-1-3(7,8)2(6)4(1,9)10/h1H. The third-order valence-electron chi connectivity index (χ3n) is 1.22. The highest BCUT2D eigenvalue weighted by molar-refractivity contribution is 5.24. The Morgan fingerprint density at radius 2 is 1.30 bits per heavy atom. The highest BCUT2D eigenvalue weighted by atomic mass is 19.3. The van der Waals surface area contributed by atoms with Crippen molar-refractivity contribution in [2.24, 2.45) is 0 Å². The molecule has 1 aliphatic rings. The van der Waals surface area contributed by atoms with Crippen LogP contribution < -0.4 is 0 Å². The fourth-order valence-corrected chi connectivity index (χ4v) is 0.595. The molecule has 0 N–H and O–H groups in total. The first-order valence-corrected chi connectivity index (χ1v) is 2.24. The van der Waals surface area contributed by atoms with Gasteiger partial charge in [0.1, 0.15) is 0 Å². The van der Waals surface area contributed by atoms with Crippen molar-refractivity contribution in [3.8, 4) is 0 Å². The van der Waals surface area contributed by atoms with Crippen molar-refractivity contribution in [2.75, 3.05) is 0 Å². The average molecular weight is 163 g/mol. The van der Waals surface area contributed by atoms with Crippen LogP contribution in [0.15, 0.2) is 0 Å². The van der Waals surface area contributed by atoms with Crippen LogP contribution in [0.3, 0.4) is 0 Å². The molecule has 1 rings (SSSR count). The Hall–Kier alpha value is -0.420. The van der Waals surface area contributed by atoms with Gasteiger partial charge in [-0.1, -0.05) is 0 Å². The molecule has 0 nitrogen and oxygen atoms in total. The Labute approximate surface area is 51.8 Å². The van der Waals surface area contributed by atoms with Gasteiger partial charge in [-0.25, -0.2) is 8.78 Å². The van der Waals surface area contributed by atoms with Crippen LogP contribution in [0, 0.1) is 6.17 Å². The lowest BCUT2D eigenvalue weighted by molar-refractivity contribution is -0.284. The van der Waals surface area contributed by atoms with Crippen molar-refractivity contribution in [2.45, 2.75) is 18.0 Å². The minimum Gasteiger partial charge on any atom is -0.234 e. The summed E-state index contributed by atoms with van der Waals surface area (Å²) in [4.78, 5) is 0. The molecule has 1 radical (unpaired) electrons. The molecule has 0 heterocycles. The van der Waals surface area contributed by atoms with Crippen LogP contribution >= 0.6 is 0 Å². The first-order chi connectivity index (χ1) is 4.31.